The van der Waals surface area contributed by atoms with Crippen LogP contribution in [0.15, 0.2) is 36.7 Å². The number of benzene rings is 1. The first kappa shape index (κ1) is 16.6. The average molecular weight is 312 g/mol. The molecule has 0 aliphatic carbocycles. The summed E-state index contributed by atoms with van der Waals surface area (Å²) in [7, 11) is 3.44. The zero-order chi connectivity index (χ0) is 16.8. The van der Waals surface area contributed by atoms with Gasteiger partial charge < -0.3 is 10.2 Å². The Bertz CT molecular complexity index is 696. The van der Waals surface area contributed by atoms with E-state index in [1.807, 2.05) is 25.1 Å². The van der Waals surface area contributed by atoms with Gasteiger partial charge in [-0.1, -0.05) is 12.1 Å². The van der Waals surface area contributed by atoms with Gasteiger partial charge in [-0.15, -0.1) is 0 Å². The SMILES string of the molecule is Cc1cnc(C(=O)NCCc2cccc(C(=O)N(C)C)c2)cn1. The summed E-state index contributed by atoms with van der Waals surface area (Å²) in [6, 6.07) is 7.41. The van der Waals surface area contributed by atoms with Gasteiger partial charge in [-0.3, -0.25) is 14.6 Å². The third-order valence-electron chi connectivity index (χ3n) is 3.29. The summed E-state index contributed by atoms with van der Waals surface area (Å²) in [4.78, 5) is 33.5. The van der Waals surface area contributed by atoms with Crippen LogP contribution >= 0.6 is 0 Å². The van der Waals surface area contributed by atoms with E-state index in [1.165, 1.54) is 11.1 Å². The summed E-state index contributed by atoms with van der Waals surface area (Å²) in [6.45, 7) is 2.28. The van der Waals surface area contributed by atoms with Crippen LogP contribution < -0.4 is 5.32 Å². The minimum Gasteiger partial charge on any atom is -0.350 e. The van der Waals surface area contributed by atoms with Crippen LogP contribution in [0.1, 0.15) is 32.1 Å². The van der Waals surface area contributed by atoms with E-state index in [4.69, 9.17) is 0 Å². The molecule has 0 spiro atoms. The second kappa shape index (κ2) is 7.49. The van der Waals surface area contributed by atoms with Crippen molar-refractivity contribution in [3.63, 3.8) is 0 Å². The molecule has 1 heterocycles. The summed E-state index contributed by atoms with van der Waals surface area (Å²) in [5.74, 6) is -0.288. The lowest BCUT2D eigenvalue weighted by atomic mass is 10.1. The number of nitrogens with zero attached hydrogens (tertiary/aromatic N) is 3. The van der Waals surface area contributed by atoms with Crippen molar-refractivity contribution in [1.29, 1.82) is 0 Å². The van der Waals surface area contributed by atoms with Gasteiger partial charge in [-0.2, -0.15) is 0 Å². The smallest absolute Gasteiger partial charge is 0.271 e. The second-order valence-corrected chi connectivity index (χ2v) is 5.45. The molecule has 1 N–H and O–H groups in total. The van der Waals surface area contributed by atoms with Gasteiger partial charge in [0.1, 0.15) is 5.69 Å². The maximum Gasteiger partial charge on any atom is 0.271 e. The maximum absolute atomic E-state index is 11.9. The molecule has 0 unspecified atom stereocenters. The van der Waals surface area contributed by atoms with Gasteiger partial charge in [-0.25, -0.2) is 4.98 Å². The number of nitrogens with one attached hydrogen (secondary N) is 1. The number of carbonyl (C=O) groups is 2. The van der Waals surface area contributed by atoms with Crippen molar-refractivity contribution in [2.24, 2.45) is 0 Å². The number of hydrogen-bond acceptors (Lipinski definition) is 4. The zero-order valence-electron chi connectivity index (χ0n) is 13.5. The average Bonchev–Trinajstić information content (AvgIpc) is 2.55. The third kappa shape index (κ3) is 4.60. The molecule has 0 radical (unpaired) electrons. The number of hydrogen-bond donors (Lipinski definition) is 1. The summed E-state index contributed by atoms with van der Waals surface area (Å²) in [6.07, 6.45) is 3.66. The van der Waals surface area contributed by atoms with Crippen LogP contribution in [0, 0.1) is 6.92 Å². The van der Waals surface area contributed by atoms with E-state index >= 15 is 0 Å². The van der Waals surface area contributed by atoms with E-state index in [9.17, 15) is 9.59 Å². The lowest BCUT2D eigenvalue weighted by Gasteiger charge is -2.11. The fraction of sp³-hybridized carbons (Fsp3) is 0.294. The highest BCUT2D eigenvalue weighted by atomic mass is 16.2. The predicted octanol–water partition coefficient (Wildman–Crippen LogP) is 1.46. The zero-order valence-corrected chi connectivity index (χ0v) is 13.5. The molecular weight excluding hydrogens is 292 g/mol. The normalized spacial score (nSPS) is 10.2. The van der Waals surface area contributed by atoms with Crippen LogP contribution in [0.3, 0.4) is 0 Å². The predicted molar refractivity (Wildman–Crippen MR) is 87.3 cm³/mol. The van der Waals surface area contributed by atoms with Gasteiger partial charge in [0.05, 0.1) is 11.9 Å². The first-order chi connectivity index (χ1) is 11.0. The lowest BCUT2D eigenvalue weighted by Crippen LogP contribution is -2.27. The Morgan fingerprint density at radius 3 is 2.61 bits per heavy atom. The standard InChI is InChI=1S/C17H20N4O2/c1-12-10-20-15(11-19-12)16(22)18-8-7-13-5-4-6-14(9-13)17(23)21(2)3/h4-6,9-11H,7-8H2,1-3H3,(H,18,22). The summed E-state index contributed by atoms with van der Waals surface area (Å²) in [5.41, 5.74) is 2.70. The van der Waals surface area contributed by atoms with Crippen molar-refractivity contribution in [1.82, 2.24) is 20.2 Å². The summed E-state index contributed by atoms with van der Waals surface area (Å²) >= 11 is 0. The van der Waals surface area contributed by atoms with Crippen LogP contribution in [0.5, 0.6) is 0 Å². The minimum atomic E-state index is -0.252. The van der Waals surface area contributed by atoms with E-state index in [2.05, 4.69) is 15.3 Å². The molecule has 120 valence electrons. The second-order valence-electron chi connectivity index (χ2n) is 5.45. The van der Waals surface area contributed by atoms with Crippen molar-refractivity contribution in [2.45, 2.75) is 13.3 Å². The Hall–Kier alpha value is -2.76. The molecular formula is C17H20N4O2. The van der Waals surface area contributed by atoms with Crippen molar-refractivity contribution < 1.29 is 9.59 Å². The molecule has 0 aliphatic heterocycles. The molecule has 1 aromatic carbocycles. The fourth-order valence-electron chi connectivity index (χ4n) is 2.04. The molecule has 0 aliphatic rings. The van der Waals surface area contributed by atoms with Crippen LogP contribution in [-0.2, 0) is 6.42 Å². The quantitative estimate of drug-likeness (QED) is 0.907. The molecule has 1 aromatic heterocycles. The number of carbonyl (C=O) groups excluding carboxylic acids is 2. The topological polar surface area (TPSA) is 75.2 Å². The van der Waals surface area contributed by atoms with Gasteiger partial charge >= 0.3 is 0 Å². The van der Waals surface area contributed by atoms with Crippen LogP contribution in [0.2, 0.25) is 0 Å². The van der Waals surface area contributed by atoms with E-state index in [-0.39, 0.29) is 11.8 Å². The molecule has 0 saturated heterocycles. The third-order valence-corrected chi connectivity index (χ3v) is 3.29. The molecule has 0 fully saturated rings. The molecule has 0 bridgehead atoms. The Morgan fingerprint density at radius 1 is 1.17 bits per heavy atom. The first-order valence-electron chi connectivity index (χ1n) is 7.35. The molecule has 0 saturated carbocycles. The van der Waals surface area contributed by atoms with E-state index in [1.54, 1.807) is 26.4 Å². The van der Waals surface area contributed by atoms with E-state index < -0.39 is 0 Å². The minimum absolute atomic E-state index is 0.0363. The molecule has 2 aromatic rings. The van der Waals surface area contributed by atoms with Gasteiger partial charge in [0.2, 0.25) is 0 Å². The van der Waals surface area contributed by atoms with E-state index in [0.717, 1.165) is 11.3 Å². The Labute approximate surface area is 135 Å². The molecule has 6 nitrogen and oxygen atoms in total. The van der Waals surface area contributed by atoms with Crippen molar-refractivity contribution in [3.05, 3.63) is 59.2 Å². The van der Waals surface area contributed by atoms with Crippen molar-refractivity contribution >= 4 is 11.8 Å². The monoisotopic (exact) mass is 312 g/mol. The lowest BCUT2D eigenvalue weighted by molar-refractivity contribution is 0.0827. The number of amides is 2. The highest BCUT2D eigenvalue weighted by Crippen LogP contribution is 2.08. The van der Waals surface area contributed by atoms with Crippen molar-refractivity contribution in [3.8, 4) is 0 Å². The summed E-state index contributed by atoms with van der Waals surface area (Å²) in [5, 5.41) is 2.80. The van der Waals surface area contributed by atoms with Gasteiger partial charge in [0, 0.05) is 32.4 Å². The Kier molecular flexibility index (Phi) is 5.41. The highest BCUT2D eigenvalue weighted by molar-refractivity contribution is 5.94. The van der Waals surface area contributed by atoms with Gasteiger partial charge in [0.25, 0.3) is 11.8 Å². The summed E-state index contributed by atoms with van der Waals surface area (Å²) < 4.78 is 0. The Balaban J connectivity index is 1.91. The van der Waals surface area contributed by atoms with Gasteiger partial charge in [-0.05, 0) is 31.0 Å². The largest absolute Gasteiger partial charge is 0.350 e. The number of aryl methyl sites for hydroxylation is 1. The molecule has 23 heavy (non-hydrogen) atoms. The van der Waals surface area contributed by atoms with Gasteiger partial charge in [0.15, 0.2) is 0 Å². The van der Waals surface area contributed by atoms with E-state index in [0.29, 0.717) is 24.2 Å². The maximum atomic E-state index is 11.9. The fourth-order valence-corrected chi connectivity index (χ4v) is 2.04. The van der Waals surface area contributed by atoms with Crippen molar-refractivity contribution in [2.75, 3.05) is 20.6 Å². The van der Waals surface area contributed by atoms with Crippen LogP contribution in [-0.4, -0.2) is 47.3 Å². The Morgan fingerprint density at radius 2 is 1.96 bits per heavy atom. The van der Waals surface area contributed by atoms with Crippen LogP contribution in [0.4, 0.5) is 0 Å². The molecule has 2 rings (SSSR count). The number of aromatic nitrogens is 2. The molecule has 0 atom stereocenters. The number of rotatable bonds is 5. The highest BCUT2D eigenvalue weighted by Gasteiger charge is 2.09. The molecule has 6 heteroatoms. The van der Waals surface area contributed by atoms with Crippen LogP contribution in [0.25, 0.3) is 0 Å². The first-order valence-corrected chi connectivity index (χ1v) is 7.35. The molecule has 2 amide bonds.